The third kappa shape index (κ3) is 2.01. The molecule has 1 unspecified atom stereocenters. The lowest BCUT2D eigenvalue weighted by Crippen LogP contribution is -2.33. The van der Waals surface area contributed by atoms with Gasteiger partial charge in [-0.2, -0.15) is 0 Å². The third-order valence-corrected chi connectivity index (χ3v) is 2.51. The first-order valence-corrected chi connectivity index (χ1v) is 5.35. The quantitative estimate of drug-likeness (QED) is 0.824. The fourth-order valence-corrected chi connectivity index (χ4v) is 1.76. The predicted octanol–water partition coefficient (Wildman–Crippen LogP) is 0.700. The molecule has 0 amide bonds. The molecular formula is C11H12N4O2. The van der Waals surface area contributed by atoms with Crippen molar-refractivity contribution in [3.63, 3.8) is 0 Å². The Balaban J connectivity index is 1.72. The molecule has 1 atom stereocenters. The van der Waals surface area contributed by atoms with Gasteiger partial charge in [-0.1, -0.05) is 17.3 Å². The lowest BCUT2D eigenvalue weighted by atomic mass is 10.2. The van der Waals surface area contributed by atoms with Crippen LogP contribution < -0.4 is 15.2 Å². The summed E-state index contributed by atoms with van der Waals surface area (Å²) < 4.78 is 13.0. The van der Waals surface area contributed by atoms with Gasteiger partial charge < -0.3 is 15.2 Å². The van der Waals surface area contributed by atoms with Crippen LogP contribution in [0.1, 0.15) is 0 Å². The standard InChI is InChI=1S/C11H12N4O2/c12-11-6-15(14-13-11)5-8-7-16-9-3-1-2-4-10(9)17-8/h1-4,6,8H,5,7,12H2. The highest BCUT2D eigenvalue weighted by molar-refractivity contribution is 5.40. The average molecular weight is 232 g/mol. The van der Waals surface area contributed by atoms with Crippen molar-refractivity contribution in [3.8, 4) is 11.5 Å². The Morgan fingerprint density at radius 3 is 2.94 bits per heavy atom. The number of hydrogen-bond donors (Lipinski definition) is 1. The van der Waals surface area contributed by atoms with E-state index in [4.69, 9.17) is 15.2 Å². The van der Waals surface area contributed by atoms with E-state index in [2.05, 4.69) is 10.3 Å². The predicted molar refractivity (Wildman–Crippen MR) is 60.8 cm³/mol. The largest absolute Gasteiger partial charge is 0.486 e. The summed E-state index contributed by atoms with van der Waals surface area (Å²) in [5, 5.41) is 7.59. The molecule has 0 spiro atoms. The molecule has 0 fully saturated rings. The van der Waals surface area contributed by atoms with E-state index in [9.17, 15) is 0 Å². The molecule has 6 heteroatoms. The minimum Gasteiger partial charge on any atom is -0.486 e. The number of para-hydroxylation sites is 2. The van der Waals surface area contributed by atoms with Crippen LogP contribution in [0.3, 0.4) is 0 Å². The number of rotatable bonds is 2. The van der Waals surface area contributed by atoms with Crippen LogP contribution in [0, 0.1) is 0 Å². The molecule has 1 aliphatic rings. The van der Waals surface area contributed by atoms with Crippen LogP contribution in [-0.4, -0.2) is 27.7 Å². The highest BCUT2D eigenvalue weighted by atomic mass is 16.6. The summed E-state index contributed by atoms with van der Waals surface area (Å²) in [6.07, 6.45) is 1.59. The van der Waals surface area contributed by atoms with E-state index in [1.807, 2.05) is 24.3 Å². The summed E-state index contributed by atoms with van der Waals surface area (Å²) in [7, 11) is 0. The molecule has 2 heterocycles. The van der Waals surface area contributed by atoms with Gasteiger partial charge in [0.2, 0.25) is 0 Å². The summed E-state index contributed by atoms with van der Waals surface area (Å²) in [6.45, 7) is 1.06. The Hall–Kier alpha value is -2.24. The lowest BCUT2D eigenvalue weighted by Gasteiger charge is -2.26. The van der Waals surface area contributed by atoms with Crippen molar-refractivity contribution in [3.05, 3.63) is 30.5 Å². The van der Waals surface area contributed by atoms with Crippen molar-refractivity contribution in [2.45, 2.75) is 12.6 Å². The van der Waals surface area contributed by atoms with E-state index in [1.54, 1.807) is 10.9 Å². The zero-order valence-electron chi connectivity index (χ0n) is 9.11. The molecular weight excluding hydrogens is 220 g/mol. The first-order valence-electron chi connectivity index (χ1n) is 5.35. The fraction of sp³-hybridized carbons (Fsp3) is 0.273. The number of nitrogens with two attached hydrogens (primary N) is 1. The van der Waals surface area contributed by atoms with E-state index in [0.717, 1.165) is 11.5 Å². The molecule has 1 aromatic carbocycles. The van der Waals surface area contributed by atoms with Gasteiger partial charge in [-0.15, -0.1) is 5.10 Å². The summed E-state index contributed by atoms with van der Waals surface area (Å²) >= 11 is 0. The van der Waals surface area contributed by atoms with Gasteiger partial charge in [0.15, 0.2) is 23.4 Å². The molecule has 1 aliphatic heterocycles. The second-order valence-corrected chi connectivity index (χ2v) is 3.86. The van der Waals surface area contributed by atoms with Gasteiger partial charge in [0.05, 0.1) is 12.7 Å². The Bertz CT molecular complexity index is 526. The molecule has 0 bridgehead atoms. The Kier molecular flexibility index (Phi) is 2.32. The second kappa shape index (κ2) is 3.97. The molecule has 0 saturated carbocycles. The van der Waals surface area contributed by atoms with Gasteiger partial charge in [0.1, 0.15) is 6.61 Å². The zero-order valence-corrected chi connectivity index (χ0v) is 9.11. The van der Waals surface area contributed by atoms with Crippen molar-refractivity contribution >= 4 is 5.82 Å². The Labute approximate surface area is 97.9 Å². The smallest absolute Gasteiger partial charge is 0.165 e. The molecule has 3 rings (SSSR count). The van der Waals surface area contributed by atoms with Crippen molar-refractivity contribution < 1.29 is 9.47 Å². The van der Waals surface area contributed by atoms with Crippen LogP contribution in [0.15, 0.2) is 30.5 Å². The molecule has 0 saturated heterocycles. The maximum atomic E-state index is 5.79. The average Bonchev–Trinajstić information content (AvgIpc) is 2.75. The highest BCUT2D eigenvalue weighted by Crippen LogP contribution is 2.31. The van der Waals surface area contributed by atoms with Crippen LogP contribution in [0.5, 0.6) is 11.5 Å². The van der Waals surface area contributed by atoms with E-state index >= 15 is 0 Å². The lowest BCUT2D eigenvalue weighted by molar-refractivity contribution is 0.0755. The first kappa shape index (κ1) is 9.95. The van der Waals surface area contributed by atoms with Crippen molar-refractivity contribution in [1.82, 2.24) is 15.0 Å². The molecule has 17 heavy (non-hydrogen) atoms. The topological polar surface area (TPSA) is 75.2 Å². The van der Waals surface area contributed by atoms with E-state index in [0.29, 0.717) is 19.0 Å². The number of fused-ring (bicyclic) bond motifs is 1. The van der Waals surface area contributed by atoms with Gasteiger partial charge in [-0.3, -0.25) is 0 Å². The van der Waals surface area contributed by atoms with Crippen molar-refractivity contribution in [1.29, 1.82) is 0 Å². The molecule has 2 N–H and O–H groups in total. The Morgan fingerprint density at radius 2 is 2.18 bits per heavy atom. The van der Waals surface area contributed by atoms with Gasteiger partial charge in [-0.05, 0) is 12.1 Å². The molecule has 1 aromatic heterocycles. The highest BCUT2D eigenvalue weighted by Gasteiger charge is 2.21. The molecule has 0 aliphatic carbocycles. The van der Waals surface area contributed by atoms with Gasteiger partial charge >= 0.3 is 0 Å². The monoisotopic (exact) mass is 232 g/mol. The van der Waals surface area contributed by atoms with Crippen molar-refractivity contribution in [2.75, 3.05) is 12.3 Å². The van der Waals surface area contributed by atoms with Gasteiger partial charge in [0.25, 0.3) is 0 Å². The second-order valence-electron chi connectivity index (χ2n) is 3.86. The van der Waals surface area contributed by atoms with Gasteiger partial charge in [0, 0.05) is 0 Å². The number of nitrogen functional groups attached to an aromatic ring is 1. The SMILES string of the molecule is Nc1cn(CC2COc3ccccc3O2)nn1. The number of benzene rings is 1. The van der Waals surface area contributed by atoms with Crippen LogP contribution in [-0.2, 0) is 6.54 Å². The fourth-order valence-electron chi connectivity index (χ4n) is 1.76. The van der Waals surface area contributed by atoms with E-state index in [1.165, 1.54) is 0 Å². The number of hydrogen-bond acceptors (Lipinski definition) is 5. The van der Waals surface area contributed by atoms with E-state index in [-0.39, 0.29) is 6.10 Å². The summed E-state index contributed by atoms with van der Waals surface area (Å²) in [4.78, 5) is 0. The minimum absolute atomic E-state index is 0.0778. The zero-order chi connectivity index (χ0) is 11.7. The number of ether oxygens (including phenoxy) is 2. The van der Waals surface area contributed by atoms with Crippen LogP contribution >= 0.6 is 0 Å². The number of aromatic nitrogens is 3. The molecule has 2 aromatic rings. The van der Waals surface area contributed by atoms with Crippen molar-refractivity contribution in [2.24, 2.45) is 0 Å². The molecule has 0 radical (unpaired) electrons. The summed E-state index contributed by atoms with van der Waals surface area (Å²) in [6, 6.07) is 7.61. The normalized spacial score (nSPS) is 18.0. The number of nitrogens with zero attached hydrogens (tertiary/aromatic N) is 3. The maximum absolute atomic E-state index is 5.79. The van der Waals surface area contributed by atoms with Gasteiger partial charge in [-0.25, -0.2) is 4.68 Å². The summed E-state index contributed by atoms with van der Waals surface area (Å²) in [5.74, 6) is 1.95. The third-order valence-electron chi connectivity index (χ3n) is 2.51. The van der Waals surface area contributed by atoms with E-state index < -0.39 is 0 Å². The molecule has 6 nitrogen and oxygen atoms in total. The van der Waals surface area contributed by atoms with Crippen LogP contribution in [0.4, 0.5) is 5.82 Å². The number of anilines is 1. The molecule has 88 valence electrons. The first-order chi connectivity index (χ1) is 8.31. The Morgan fingerprint density at radius 1 is 1.35 bits per heavy atom. The minimum atomic E-state index is -0.0778. The summed E-state index contributed by atoms with van der Waals surface area (Å²) in [5.41, 5.74) is 5.49. The van der Waals surface area contributed by atoms with Crippen LogP contribution in [0.2, 0.25) is 0 Å². The van der Waals surface area contributed by atoms with Crippen LogP contribution in [0.25, 0.3) is 0 Å². The maximum Gasteiger partial charge on any atom is 0.165 e.